The molecule has 4 heteroatoms. The molecule has 1 rings (SSSR count). The lowest BCUT2D eigenvalue weighted by Gasteiger charge is -2.19. The molecule has 0 aromatic heterocycles. The van der Waals surface area contributed by atoms with Crippen LogP contribution < -0.4 is 5.32 Å². The fraction of sp³-hybridized carbons (Fsp3) is 0.588. The molecule has 0 saturated carbocycles. The van der Waals surface area contributed by atoms with Gasteiger partial charge in [0.15, 0.2) is 0 Å². The van der Waals surface area contributed by atoms with Crippen LogP contribution in [0.25, 0.3) is 0 Å². The van der Waals surface area contributed by atoms with Gasteiger partial charge in [0.25, 0.3) is 0 Å². The highest BCUT2D eigenvalue weighted by atomic mass is 32.2. The number of carbonyl (C=O) groups is 1. The van der Waals surface area contributed by atoms with Crippen molar-refractivity contribution in [3.63, 3.8) is 0 Å². The van der Waals surface area contributed by atoms with Gasteiger partial charge in [-0.1, -0.05) is 25.1 Å². The molecule has 0 aliphatic carbocycles. The predicted octanol–water partition coefficient (Wildman–Crippen LogP) is 3.64. The molecule has 118 valence electrons. The lowest BCUT2D eigenvalue weighted by molar-refractivity contribution is -0.139. The van der Waals surface area contributed by atoms with E-state index in [0.29, 0.717) is 12.4 Å². The van der Waals surface area contributed by atoms with Crippen LogP contribution in [0.4, 0.5) is 0 Å². The van der Waals surface area contributed by atoms with Gasteiger partial charge >= 0.3 is 5.97 Å². The highest BCUT2D eigenvalue weighted by molar-refractivity contribution is 7.99. The van der Waals surface area contributed by atoms with Gasteiger partial charge in [-0.15, -0.1) is 11.8 Å². The van der Waals surface area contributed by atoms with Crippen molar-refractivity contribution >= 4 is 17.7 Å². The van der Waals surface area contributed by atoms with E-state index in [0.717, 1.165) is 18.7 Å². The number of rotatable bonds is 9. The van der Waals surface area contributed by atoms with E-state index in [1.54, 1.807) is 11.8 Å². The van der Waals surface area contributed by atoms with E-state index in [9.17, 15) is 4.79 Å². The Morgan fingerprint density at radius 3 is 2.67 bits per heavy atom. The van der Waals surface area contributed by atoms with Crippen LogP contribution >= 0.6 is 11.8 Å². The molecular weight excluding hydrogens is 282 g/mol. The van der Waals surface area contributed by atoms with Crippen LogP contribution in [0.2, 0.25) is 0 Å². The molecule has 0 bridgehead atoms. The van der Waals surface area contributed by atoms with E-state index in [1.165, 1.54) is 16.7 Å². The normalized spacial score (nSPS) is 12.2. The lowest BCUT2D eigenvalue weighted by atomic mass is 10.0. The Morgan fingerprint density at radius 2 is 2.05 bits per heavy atom. The van der Waals surface area contributed by atoms with Gasteiger partial charge in [-0.05, 0) is 50.4 Å². The van der Waals surface area contributed by atoms with Crippen molar-refractivity contribution < 1.29 is 9.53 Å². The van der Waals surface area contributed by atoms with Crippen LogP contribution in [0, 0.1) is 13.8 Å². The quantitative estimate of drug-likeness (QED) is 0.707. The second kappa shape index (κ2) is 9.85. The Morgan fingerprint density at radius 1 is 1.29 bits per heavy atom. The Labute approximate surface area is 132 Å². The summed E-state index contributed by atoms with van der Waals surface area (Å²) >= 11 is 1.63. The lowest BCUT2D eigenvalue weighted by Crippen LogP contribution is -2.25. The van der Waals surface area contributed by atoms with Gasteiger partial charge in [-0.2, -0.15) is 0 Å². The maximum absolute atomic E-state index is 11.4. The maximum Gasteiger partial charge on any atom is 0.315 e. The van der Waals surface area contributed by atoms with Crippen molar-refractivity contribution in [2.45, 2.75) is 40.2 Å². The molecule has 0 aliphatic rings. The number of esters is 1. The summed E-state index contributed by atoms with van der Waals surface area (Å²) in [5, 5.41) is 3.57. The van der Waals surface area contributed by atoms with E-state index in [-0.39, 0.29) is 12.0 Å². The van der Waals surface area contributed by atoms with Gasteiger partial charge < -0.3 is 10.1 Å². The molecule has 0 radical (unpaired) electrons. The molecule has 3 nitrogen and oxygen atoms in total. The van der Waals surface area contributed by atoms with Gasteiger partial charge in [-0.25, -0.2) is 0 Å². The van der Waals surface area contributed by atoms with Crippen molar-refractivity contribution in [2.75, 3.05) is 24.7 Å². The number of aryl methyl sites for hydroxylation is 2. The van der Waals surface area contributed by atoms with Crippen molar-refractivity contribution in [3.8, 4) is 0 Å². The maximum atomic E-state index is 11.4. The van der Waals surface area contributed by atoms with Gasteiger partial charge in [-0.3, -0.25) is 4.79 Å². The number of benzene rings is 1. The number of ether oxygens (including phenoxy) is 1. The summed E-state index contributed by atoms with van der Waals surface area (Å²) in [5.41, 5.74) is 3.92. The largest absolute Gasteiger partial charge is 0.465 e. The monoisotopic (exact) mass is 309 g/mol. The topological polar surface area (TPSA) is 38.3 Å². The number of hydrogen-bond acceptors (Lipinski definition) is 4. The minimum absolute atomic E-state index is 0.128. The minimum atomic E-state index is -0.128. The summed E-state index contributed by atoms with van der Waals surface area (Å²) < 4.78 is 4.97. The van der Waals surface area contributed by atoms with E-state index in [2.05, 4.69) is 44.3 Å². The van der Waals surface area contributed by atoms with E-state index in [1.807, 2.05) is 6.92 Å². The molecule has 1 aromatic rings. The SMILES string of the molecule is CCCNC(CSCC(=O)OCC)c1ccc(C)c(C)c1. The fourth-order valence-electron chi connectivity index (χ4n) is 2.04. The molecule has 1 aromatic carbocycles. The minimum Gasteiger partial charge on any atom is -0.465 e. The smallest absolute Gasteiger partial charge is 0.315 e. The number of thioether (sulfide) groups is 1. The average molecular weight is 309 g/mol. The van der Waals surface area contributed by atoms with Crippen molar-refractivity contribution in [1.82, 2.24) is 5.32 Å². The van der Waals surface area contributed by atoms with Gasteiger partial charge in [0.05, 0.1) is 12.4 Å². The number of hydrogen-bond donors (Lipinski definition) is 1. The standard InChI is InChI=1S/C17H27NO2S/c1-5-9-18-16(11-21-12-17(19)20-6-2)15-8-7-13(3)14(4)10-15/h7-8,10,16,18H,5-6,9,11-12H2,1-4H3. The zero-order valence-corrected chi connectivity index (χ0v) is 14.4. The first-order valence-corrected chi connectivity index (χ1v) is 8.77. The third-order valence-electron chi connectivity index (χ3n) is 3.38. The average Bonchev–Trinajstić information content (AvgIpc) is 2.46. The molecular formula is C17H27NO2S. The summed E-state index contributed by atoms with van der Waals surface area (Å²) in [4.78, 5) is 11.4. The first kappa shape index (κ1) is 18.1. The summed E-state index contributed by atoms with van der Waals surface area (Å²) in [7, 11) is 0. The molecule has 0 saturated heterocycles. The van der Waals surface area contributed by atoms with E-state index >= 15 is 0 Å². The van der Waals surface area contributed by atoms with E-state index < -0.39 is 0 Å². The Balaban J connectivity index is 2.62. The van der Waals surface area contributed by atoms with E-state index in [4.69, 9.17) is 4.74 Å². The highest BCUT2D eigenvalue weighted by Gasteiger charge is 2.13. The van der Waals surface area contributed by atoms with Crippen molar-refractivity contribution in [2.24, 2.45) is 0 Å². The van der Waals surface area contributed by atoms with Gasteiger partial charge in [0, 0.05) is 11.8 Å². The number of nitrogens with one attached hydrogen (secondary N) is 1. The predicted molar refractivity (Wildman–Crippen MR) is 90.9 cm³/mol. The summed E-state index contributed by atoms with van der Waals surface area (Å²) in [6.07, 6.45) is 1.10. The second-order valence-corrected chi connectivity index (χ2v) is 6.20. The first-order valence-electron chi connectivity index (χ1n) is 7.62. The Bertz CT molecular complexity index is 448. The zero-order chi connectivity index (χ0) is 15.7. The van der Waals surface area contributed by atoms with Crippen molar-refractivity contribution in [1.29, 1.82) is 0 Å². The molecule has 1 unspecified atom stereocenters. The molecule has 0 amide bonds. The highest BCUT2D eigenvalue weighted by Crippen LogP contribution is 2.21. The zero-order valence-electron chi connectivity index (χ0n) is 13.6. The van der Waals surface area contributed by atoms with Crippen molar-refractivity contribution in [3.05, 3.63) is 34.9 Å². The first-order chi connectivity index (χ1) is 10.1. The van der Waals surface area contributed by atoms with Crippen LogP contribution in [0.3, 0.4) is 0 Å². The van der Waals surface area contributed by atoms with Crippen LogP contribution in [0.1, 0.15) is 43.0 Å². The molecule has 1 N–H and O–H groups in total. The summed E-state index contributed by atoms with van der Waals surface area (Å²) in [5.74, 6) is 1.17. The Hall–Kier alpha value is -1.00. The third-order valence-corrected chi connectivity index (χ3v) is 4.39. The summed E-state index contributed by atoms with van der Waals surface area (Å²) in [6, 6.07) is 6.87. The molecule has 0 heterocycles. The number of carbonyl (C=O) groups excluding carboxylic acids is 1. The molecule has 0 fully saturated rings. The third kappa shape index (κ3) is 6.53. The van der Waals surface area contributed by atoms with Crippen LogP contribution in [-0.2, 0) is 9.53 Å². The molecule has 21 heavy (non-hydrogen) atoms. The van der Waals surface area contributed by atoms with Crippen LogP contribution in [0.15, 0.2) is 18.2 Å². The Kier molecular flexibility index (Phi) is 8.47. The molecule has 0 aliphatic heterocycles. The fourth-order valence-corrected chi connectivity index (χ4v) is 2.95. The second-order valence-electron chi connectivity index (χ2n) is 5.17. The summed E-state index contributed by atoms with van der Waals surface area (Å²) in [6.45, 7) is 9.70. The van der Waals surface area contributed by atoms with Crippen LogP contribution in [-0.4, -0.2) is 30.6 Å². The van der Waals surface area contributed by atoms with Crippen LogP contribution in [0.5, 0.6) is 0 Å². The molecule has 1 atom stereocenters. The van der Waals surface area contributed by atoms with Gasteiger partial charge in [0.1, 0.15) is 0 Å². The molecule has 0 spiro atoms. The van der Waals surface area contributed by atoms with Gasteiger partial charge in [0.2, 0.25) is 0 Å².